The molecule has 0 heterocycles. The van der Waals surface area contributed by atoms with Crippen LogP contribution in [0.25, 0.3) is 11.1 Å². The molecule has 0 saturated carbocycles. The Bertz CT molecular complexity index is 552. The summed E-state index contributed by atoms with van der Waals surface area (Å²) in [4.78, 5) is 11.5. The second kappa shape index (κ2) is 5.33. The average Bonchev–Trinajstić information content (AvgIpc) is 2.46. The molecule has 1 amide bonds. The summed E-state index contributed by atoms with van der Waals surface area (Å²) in [6.07, 6.45) is 0. The lowest BCUT2D eigenvalue weighted by Gasteiger charge is -2.09. The standard InChI is InChI=1S/C14H13NO3/c1-18-13-8-7-11(9-12(13)14(16)15-17)10-5-3-2-4-6-10/h2-9,17H,1H3,(H,15,16). The molecule has 2 N–H and O–H groups in total. The van der Waals surface area contributed by atoms with Crippen molar-refractivity contribution < 1.29 is 14.7 Å². The number of hydroxylamine groups is 1. The number of hydrogen-bond acceptors (Lipinski definition) is 3. The lowest BCUT2D eigenvalue weighted by atomic mass is 10.0. The third-order valence-corrected chi connectivity index (χ3v) is 2.65. The average molecular weight is 243 g/mol. The van der Waals surface area contributed by atoms with Crippen molar-refractivity contribution in [3.8, 4) is 16.9 Å². The molecule has 0 saturated heterocycles. The molecule has 4 nitrogen and oxygen atoms in total. The van der Waals surface area contributed by atoms with E-state index in [1.54, 1.807) is 17.6 Å². The largest absolute Gasteiger partial charge is 0.496 e. The van der Waals surface area contributed by atoms with Crippen LogP contribution in [0.3, 0.4) is 0 Å². The van der Waals surface area contributed by atoms with Crippen molar-refractivity contribution in [3.63, 3.8) is 0 Å². The lowest BCUT2D eigenvalue weighted by molar-refractivity contribution is 0.0703. The van der Waals surface area contributed by atoms with E-state index in [0.717, 1.165) is 11.1 Å². The van der Waals surface area contributed by atoms with Crippen LogP contribution in [0.2, 0.25) is 0 Å². The maximum atomic E-state index is 11.5. The van der Waals surface area contributed by atoms with Crippen LogP contribution in [0, 0.1) is 0 Å². The lowest BCUT2D eigenvalue weighted by Crippen LogP contribution is -2.19. The summed E-state index contributed by atoms with van der Waals surface area (Å²) in [6, 6.07) is 14.9. The van der Waals surface area contributed by atoms with Crippen molar-refractivity contribution in [2.45, 2.75) is 0 Å². The molecule has 92 valence electrons. The van der Waals surface area contributed by atoms with Crippen LogP contribution in [-0.2, 0) is 0 Å². The van der Waals surface area contributed by atoms with E-state index in [1.807, 2.05) is 36.4 Å². The van der Waals surface area contributed by atoms with Gasteiger partial charge in [-0.05, 0) is 23.3 Å². The van der Waals surface area contributed by atoms with Crippen molar-refractivity contribution in [2.24, 2.45) is 0 Å². The SMILES string of the molecule is COc1ccc(-c2ccccc2)cc1C(=O)NO. The van der Waals surface area contributed by atoms with Gasteiger partial charge in [0, 0.05) is 0 Å². The Morgan fingerprint density at radius 1 is 1.11 bits per heavy atom. The fraction of sp³-hybridized carbons (Fsp3) is 0.0714. The van der Waals surface area contributed by atoms with Crippen molar-refractivity contribution in [1.82, 2.24) is 5.48 Å². The molecule has 0 aromatic heterocycles. The van der Waals surface area contributed by atoms with Crippen molar-refractivity contribution in [1.29, 1.82) is 0 Å². The second-order valence-corrected chi connectivity index (χ2v) is 3.72. The Hall–Kier alpha value is -2.33. The highest BCUT2D eigenvalue weighted by atomic mass is 16.5. The van der Waals surface area contributed by atoms with Crippen molar-refractivity contribution in [2.75, 3.05) is 7.11 Å². The van der Waals surface area contributed by atoms with E-state index in [-0.39, 0.29) is 0 Å². The zero-order valence-electron chi connectivity index (χ0n) is 9.88. The van der Waals surface area contributed by atoms with Crippen LogP contribution in [0.15, 0.2) is 48.5 Å². The van der Waals surface area contributed by atoms with Gasteiger partial charge >= 0.3 is 0 Å². The van der Waals surface area contributed by atoms with Crippen LogP contribution in [0.5, 0.6) is 5.75 Å². The fourth-order valence-corrected chi connectivity index (χ4v) is 1.76. The highest BCUT2D eigenvalue weighted by Gasteiger charge is 2.12. The van der Waals surface area contributed by atoms with E-state index in [9.17, 15) is 4.79 Å². The van der Waals surface area contributed by atoms with E-state index in [1.165, 1.54) is 7.11 Å². The van der Waals surface area contributed by atoms with E-state index >= 15 is 0 Å². The smallest absolute Gasteiger partial charge is 0.278 e. The number of ether oxygens (including phenoxy) is 1. The molecule has 0 spiro atoms. The highest BCUT2D eigenvalue weighted by molar-refractivity contribution is 5.97. The van der Waals surface area contributed by atoms with E-state index in [4.69, 9.17) is 9.94 Å². The van der Waals surface area contributed by atoms with E-state index < -0.39 is 5.91 Å². The summed E-state index contributed by atoms with van der Waals surface area (Å²) in [7, 11) is 1.48. The molecule has 2 aromatic rings. The van der Waals surface area contributed by atoms with Gasteiger partial charge in [0.2, 0.25) is 0 Å². The molecule has 0 radical (unpaired) electrons. The molecule has 0 unspecified atom stereocenters. The molecule has 18 heavy (non-hydrogen) atoms. The highest BCUT2D eigenvalue weighted by Crippen LogP contribution is 2.26. The second-order valence-electron chi connectivity index (χ2n) is 3.72. The molecule has 0 bridgehead atoms. The van der Waals surface area contributed by atoms with E-state index in [2.05, 4.69) is 0 Å². The zero-order chi connectivity index (χ0) is 13.0. The topological polar surface area (TPSA) is 58.6 Å². The molecule has 0 fully saturated rings. The Balaban J connectivity index is 2.49. The van der Waals surface area contributed by atoms with Gasteiger partial charge in [0.25, 0.3) is 5.91 Å². The predicted octanol–water partition coefficient (Wildman–Crippen LogP) is 2.48. The molecule has 2 aromatic carbocycles. The Kier molecular flexibility index (Phi) is 3.60. The van der Waals surface area contributed by atoms with E-state index in [0.29, 0.717) is 11.3 Å². The first kappa shape index (κ1) is 12.1. The first-order chi connectivity index (χ1) is 8.76. The first-order valence-corrected chi connectivity index (χ1v) is 5.44. The van der Waals surface area contributed by atoms with Gasteiger partial charge in [-0.15, -0.1) is 0 Å². The molecule has 0 aliphatic heterocycles. The third kappa shape index (κ3) is 2.33. The van der Waals surface area contributed by atoms with Crippen molar-refractivity contribution >= 4 is 5.91 Å². The van der Waals surface area contributed by atoms with Gasteiger partial charge in [0.15, 0.2) is 0 Å². The number of carbonyl (C=O) groups is 1. The number of nitrogens with one attached hydrogen (secondary N) is 1. The molecule has 0 aliphatic carbocycles. The Morgan fingerprint density at radius 2 is 1.83 bits per heavy atom. The minimum absolute atomic E-state index is 0.293. The van der Waals surface area contributed by atoms with Gasteiger partial charge in [0.1, 0.15) is 5.75 Å². The van der Waals surface area contributed by atoms with Crippen molar-refractivity contribution in [3.05, 3.63) is 54.1 Å². The number of amides is 1. The maximum absolute atomic E-state index is 11.5. The van der Waals surface area contributed by atoms with Gasteiger partial charge in [-0.3, -0.25) is 10.0 Å². The van der Waals surface area contributed by atoms with Crippen LogP contribution in [0.4, 0.5) is 0 Å². The number of carbonyl (C=O) groups excluding carboxylic acids is 1. The van der Waals surface area contributed by atoms with Gasteiger partial charge in [-0.1, -0.05) is 36.4 Å². The molecule has 0 aliphatic rings. The summed E-state index contributed by atoms with van der Waals surface area (Å²) in [5, 5.41) is 8.71. The fourth-order valence-electron chi connectivity index (χ4n) is 1.76. The quantitative estimate of drug-likeness (QED) is 0.643. The van der Waals surface area contributed by atoms with Crippen LogP contribution >= 0.6 is 0 Å². The molecular weight excluding hydrogens is 230 g/mol. The number of benzene rings is 2. The number of methoxy groups -OCH3 is 1. The summed E-state index contributed by atoms with van der Waals surface area (Å²) >= 11 is 0. The number of rotatable bonds is 3. The zero-order valence-corrected chi connectivity index (χ0v) is 9.88. The van der Waals surface area contributed by atoms with Crippen LogP contribution in [0.1, 0.15) is 10.4 Å². The Morgan fingerprint density at radius 3 is 2.44 bits per heavy atom. The van der Waals surface area contributed by atoms with Crippen LogP contribution in [-0.4, -0.2) is 18.2 Å². The molecule has 0 atom stereocenters. The normalized spacial score (nSPS) is 9.89. The summed E-state index contributed by atoms with van der Waals surface area (Å²) in [5.74, 6) is -0.175. The summed E-state index contributed by atoms with van der Waals surface area (Å²) in [6.45, 7) is 0. The monoisotopic (exact) mass is 243 g/mol. The molecule has 4 heteroatoms. The van der Waals surface area contributed by atoms with Gasteiger partial charge in [-0.25, -0.2) is 5.48 Å². The minimum atomic E-state index is -0.593. The predicted molar refractivity (Wildman–Crippen MR) is 67.7 cm³/mol. The number of hydrogen-bond donors (Lipinski definition) is 2. The summed E-state index contributed by atoms with van der Waals surface area (Å²) in [5.41, 5.74) is 3.79. The van der Waals surface area contributed by atoms with Gasteiger partial charge in [-0.2, -0.15) is 0 Å². The Labute approximate surface area is 105 Å². The third-order valence-electron chi connectivity index (χ3n) is 2.65. The maximum Gasteiger partial charge on any atom is 0.278 e. The van der Waals surface area contributed by atoms with Gasteiger partial charge < -0.3 is 4.74 Å². The summed E-state index contributed by atoms with van der Waals surface area (Å²) < 4.78 is 5.09. The van der Waals surface area contributed by atoms with Gasteiger partial charge in [0.05, 0.1) is 12.7 Å². The minimum Gasteiger partial charge on any atom is -0.496 e. The molecular formula is C14H13NO3. The first-order valence-electron chi connectivity index (χ1n) is 5.44. The van der Waals surface area contributed by atoms with Crippen LogP contribution < -0.4 is 10.2 Å². The molecule has 2 rings (SSSR count).